The molecule has 0 aliphatic heterocycles. The Morgan fingerprint density at radius 3 is 2.59 bits per heavy atom. The van der Waals surface area contributed by atoms with Crippen LogP contribution in [0.15, 0.2) is 18.2 Å². The van der Waals surface area contributed by atoms with Crippen molar-refractivity contribution in [2.75, 3.05) is 31.5 Å². The summed E-state index contributed by atoms with van der Waals surface area (Å²) >= 11 is 0. The molecule has 0 aromatic heterocycles. The van der Waals surface area contributed by atoms with Crippen molar-refractivity contribution in [2.45, 2.75) is 20.8 Å². The molecule has 0 aliphatic carbocycles. The van der Waals surface area contributed by atoms with Crippen LogP contribution in [0.5, 0.6) is 0 Å². The van der Waals surface area contributed by atoms with E-state index in [0.29, 0.717) is 5.56 Å². The molecule has 0 bridgehead atoms. The summed E-state index contributed by atoms with van der Waals surface area (Å²) in [6.07, 6.45) is 0. The summed E-state index contributed by atoms with van der Waals surface area (Å²) in [6.45, 7) is 10.5. The lowest BCUT2D eigenvalue weighted by atomic mass is 10.1. The molecular weight excluding hydrogens is 210 g/mol. The fourth-order valence-electron chi connectivity index (χ4n) is 1.77. The average molecular weight is 231 g/mol. The van der Waals surface area contributed by atoms with Crippen LogP contribution in [0.3, 0.4) is 0 Å². The van der Waals surface area contributed by atoms with Crippen LogP contribution < -0.4 is 5.32 Å². The summed E-state index contributed by atoms with van der Waals surface area (Å²) < 4.78 is 0. The highest BCUT2D eigenvalue weighted by atomic mass is 15.1. The maximum absolute atomic E-state index is 8.86. The summed E-state index contributed by atoms with van der Waals surface area (Å²) in [7, 11) is 0. The fourth-order valence-corrected chi connectivity index (χ4v) is 1.77. The van der Waals surface area contributed by atoms with Gasteiger partial charge < -0.3 is 10.2 Å². The van der Waals surface area contributed by atoms with Crippen LogP contribution in [-0.4, -0.2) is 31.1 Å². The van der Waals surface area contributed by atoms with Crippen molar-refractivity contribution < 1.29 is 0 Å². The van der Waals surface area contributed by atoms with Gasteiger partial charge in [-0.2, -0.15) is 5.26 Å². The Labute approximate surface area is 104 Å². The van der Waals surface area contributed by atoms with Crippen molar-refractivity contribution in [3.8, 4) is 6.07 Å². The molecule has 3 heteroatoms. The predicted molar refractivity (Wildman–Crippen MR) is 72.2 cm³/mol. The minimum absolute atomic E-state index is 0.709. The lowest BCUT2D eigenvalue weighted by Crippen LogP contribution is -2.28. The normalized spacial score (nSPS) is 10.3. The van der Waals surface area contributed by atoms with Crippen molar-refractivity contribution in [3.63, 3.8) is 0 Å². The summed E-state index contributed by atoms with van der Waals surface area (Å²) in [6, 6.07) is 7.92. The SMILES string of the molecule is CCN(CC)CCNc1cc(C#N)ccc1C. The Kier molecular flexibility index (Phi) is 5.51. The van der Waals surface area contributed by atoms with E-state index in [1.807, 2.05) is 18.2 Å². The first-order valence-corrected chi connectivity index (χ1v) is 6.18. The van der Waals surface area contributed by atoms with E-state index in [9.17, 15) is 0 Å². The molecule has 92 valence electrons. The van der Waals surface area contributed by atoms with Crippen molar-refractivity contribution in [1.29, 1.82) is 5.26 Å². The predicted octanol–water partition coefficient (Wildman–Crippen LogP) is 2.62. The highest BCUT2D eigenvalue weighted by Gasteiger charge is 2.01. The number of benzene rings is 1. The van der Waals surface area contributed by atoms with E-state index in [0.717, 1.165) is 31.9 Å². The molecule has 0 saturated heterocycles. The van der Waals surface area contributed by atoms with Gasteiger partial charge in [0, 0.05) is 18.8 Å². The van der Waals surface area contributed by atoms with Crippen LogP contribution in [0.1, 0.15) is 25.0 Å². The largest absolute Gasteiger partial charge is 0.384 e. The van der Waals surface area contributed by atoms with Gasteiger partial charge in [-0.1, -0.05) is 19.9 Å². The van der Waals surface area contributed by atoms with E-state index in [2.05, 4.69) is 37.1 Å². The number of aryl methyl sites for hydroxylation is 1. The van der Waals surface area contributed by atoms with Gasteiger partial charge in [-0.15, -0.1) is 0 Å². The molecule has 0 aliphatic rings. The summed E-state index contributed by atoms with van der Waals surface area (Å²) in [5, 5.41) is 12.3. The van der Waals surface area contributed by atoms with Gasteiger partial charge in [0.2, 0.25) is 0 Å². The monoisotopic (exact) mass is 231 g/mol. The Balaban J connectivity index is 2.54. The van der Waals surface area contributed by atoms with Crippen LogP contribution in [0.4, 0.5) is 5.69 Å². The van der Waals surface area contributed by atoms with Gasteiger partial charge in [0.25, 0.3) is 0 Å². The van der Waals surface area contributed by atoms with Crippen molar-refractivity contribution >= 4 is 5.69 Å². The van der Waals surface area contributed by atoms with Crippen LogP contribution in [0, 0.1) is 18.3 Å². The van der Waals surface area contributed by atoms with E-state index in [4.69, 9.17) is 5.26 Å². The van der Waals surface area contributed by atoms with E-state index in [-0.39, 0.29) is 0 Å². The molecule has 1 N–H and O–H groups in total. The zero-order chi connectivity index (χ0) is 12.7. The molecule has 1 aromatic rings. The second-order valence-electron chi connectivity index (χ2n) is 4.10. The number of likely N-dealkylation sites (N-methyl/N-ethyl adjacent to an activating group) is 1. The second kappa shape index (κ2) is 6.93. The van der Waals surface area contributed by atoms with Gasteiger partial charge in [-0.05, 0) is 37.7 Å². The molecule has 17 heavy (non-hydrogen) atoms. The highest BCUT2D eigenvalue weighted by Crippen LogP contribution is 2.15. The van der Waals surface area contributed by atoms with Gasteiger partial charge in [-0.25, -0.2) is 0 Å². The lowest BCUT2D eigenvalue weighted by molar-refractivity contribution is 0.316. The number of anilines is 1. The van der Waals surface area contributed by atoms with Gasteiger partial charge in [0.05, 0.1) is 11.6 Å². The number of nitriles is 1. The van der Waals surface area contributed by atoms with E-state index in [1.54, 1.807) is 0 Å². The number of hydrogen-bond donors (Lipinski definition) is 1. The first-order chi connectivity index (χ1) is 8.21. The molecule has 0 saturated carbocycles. The molecule has 0 spiro atoms. The third-order valence-corrected chi connectivity index (χ3v) is 3.00. The van der Waals surface area contributed by atoms with Gasteiger partial charge >= 0.3 is 0 Å². The second-order valence-corrected chi connectivity index (χ2v) is 4.10. The highest BCUT2D eigenvalue weighted by molar-refractivity contribution is 5.55. The lowest BCUT2D eigenvalue weighted by Gasteiger charge is -2.19. The molecular formula is C14H21N3. The maximum atomic E-state index is 8.86. The number of nitrogens with one attached hydrogen (secondary N) is 1. The van der Waals surface area contributed by atoms with Crippen LogP contribution in [-0.2, 0) is 0 Å². The Morgan fingerprint density at radius 2 is 2.00 bits per heavy atom. The molecule has 0 radical (unpaired) electrons. The van der Waals surface area contributed by atoms with Crippen LogP contribution in [0.2, 0.25) is 0 Å². The standard InChI is InChI=1S/C14H21N3/c1-4-17(5-2)9-8-16-14-10-13(11-15)7-6-12(14)3/h6-7,10,16H,4-5,8-9H2,1-3H3. The van der Waals surface area contributed by atoms with E-state index < -0.39 is 0 Å². The third-order valence-electron chi connectivity index (χ3n) is 3.00. The summed E-state index contributed by atoms with van der Waals surface area (Å²) in [4.78, 5) is 2.37. The van der Waals surface area contributed by atoms with Gasteiger partial charge in [0.1, 0.15) is 0 Å². The number of rotatable bonds is 6. The average Bonchev–Trinajstić information content (AvgIpc) is 2.36. The van der Waals surface area contributed by atoms with Crippen LogP contribution >= 0.6 is 0 Å². The smallest absolute Gasteiger partial charge is 0.0992 e. The fraction of sp³-hybridized carbons (Fsp3) is 0.500. The molecule has 0 amide bonds. The quantitative estimate of drug-likeness (QED) is 0.818. The first-order valence-electron chi connectivity index (χ1n) is 6.18. The molecule has 0 atom stereocenters. The first kappa shape index (κ1) is 13.5. The molecule has 0 heterocycles. The molecule has 0 unspecified atom stereocenters. The van der Waals surface area contributed by atoms with Crippen LogP contribution in [0.25, 0.3) is 0 Å². The molecule has 1 rings (SSSR count). The molecule has 1 aromatic carbocycles. The number of nitrogens with zero attached hydrogens (tertiary/aromatic N) is 2. The summed E-state index contributed by atoms with van der Waals surface area (Å²) in [5.41, 5.74) is 2.96. The minimum Gasteiger partial charge on any atom is -0.384 e. The zero-order valence-electron chi connectivity index (χ0n) is 11.0. The van der Waals surface area contributed by atoms with Crippen molar-refractivity contribution in [2.24, 2.45) is 0 Å². The Hall–Kier alpha value is -1.53. The Bertz CT molecular complexity index is 389. The minimum atomic E-state index is 0.709. The van der Waals surface area contributed by atoms with Gasteiger partial charge in [0.15, 0.2) is 0 Å². The topological polar surface area (TPSA) is 39.1 Å². The third kappa shape index (κ3) is 4.08. The van der Waals surface area contributed by atoms with E-state index >= 15 is 0 Å². The zero-order valence-corrected chi connectivity index (χ0v) is 11.0. The number of hydrogen-bond acceptors (Lipinski definition) is 3. The van der Waals surface area contributed by atoms with Crippen molar-refractivity contribution in [1.82, 2.24) is 4.90 Å². The molecule has 0 fully saturated rings. The van der Waals surface area contributed by atoms with Crippen molar-refractivity contribution in [3.05, 3.63) is 29.3 Å². The van der Waals surface area contributed by atoms with Gasteiger partial charge in [-0.3, -0.25) is 0 Å². The van der Waals surface area contributed by atoms with E-state index in [1.165, 1.54) is 5.56 Å². The summed E-state index contributed by atoms with van der Waals surface area (Å²) in [5.74, 6) is 0. The Morgan fingerprint density at radius 1 is 1.29 bits per heavy atom. The molecule has 3 nitrogen and oxygen atoms in total. The maximum Gasteiger partial charge on any atom is 0.0992 e.